The topological polar surface area (TPSA) is 97.0 Å². The Morgan fingerprint density at radius 1 is 1.03 bits per heavy atom. The summed E-state index contributed by atoms with van der Waals surface area (Å²) in [6.07, 6.45) is 0.216. The molecular weight excluding hydrogens is 398 g/mol. The summed E-state index contributed by atoms with van der Waals surface area (Å²) in [5.74, 6) is 0.220. The van der Waals surface area contributed by atoms with Crippen molar-refractivity contribution in [2.24, 2.45) is 5.92 Å². The molecule has 0 bridgehead atoms. The number of likely N-dealkylation sites (tertiary alicyclic amines) is 1. The number of hydrogen-bond acceptors (Lipinski definition) is 5. The highest BCUT2D eigenvalue weighted by atomic mass is 16.5. The normalized spacial score (nSPS) is 15.7. The lowest BCUT2D eigenvalue weighted by Gasteiger charge is -2.20. The maximum absolute atomic E-state index is 12.6. The second-order valence-electron chi connectivity index (χ2n) is 7.63. The van der Waals surface area contributed by atoms with E-state index < -0.39 is 0 Å². The van der Waals surface area contributed by atoms with Crippen molar-refractivity contribution >= 4 is 29.1 Å². The number of rotatable bonds is 7. The number of methoxy groups -OCH3 is 2. The highest BCUT2D eigenvalue weighted by Gasteiger charge is 2.35. The Hall–Kier alpha value is -3.55. The van der Waals surface area contributed by atoms with E-state index in [9.17, 15) is 14.4 Å². The molecule has 0 spiro atoms. The number of hydrogen-bond donors (Lipinski definition) is 2. The number of anilines is 2. The molecule has 3 rings (SSSR count). The molecule has 1 saturated heterocycles. The van der Waals surface area contributed by atoms with Crippen molar-refractivity contribution in [2.45, 2.75) is 26.3 Å². The van der Waals surface area contributed by atoms with Gasteiger partial charge in [-0.1, -0.05) is 0 Å². The zero-order valence-electron chi connectivity index (χ0n) is 18.1. The third-order valence-corrected chi connectivity index (χ3v) is 5.22. The van der Waals surface area contributed by atoms with Crippen molar-refractivity contribution in [1.82, 2.24) is 4.90 Å². The van der Waals surface area contributed by atoms with Gasteiger partial charge >= 0.3 is 0 Å². The van der Waals surface area contributed by atoms with Crippen LogP contribution in [-0.4, -0.2) is 49.4 Å². The van der Waals surface area contributed by atoms with E-state index in [-0.39, 0.29) is 36.1 Å². The summed E-state index contributed by atoms with van der Waals surface area (Å²) in [7, 11) is 3.07. The van der Waals surface area contributed by atoms with E-state index in [1.54, 1.807) is 54.5 Å². The van der Waals surface area contributed by atoms with Crippen molar-refractivity contribution in [2.75, 3.05) is 31.4 Å². The van der Waals surface area contributed by atoms with Gasteiger partial charge in [0.25, 0.3) is 5.91 Å². The van der Waals surface area contributed by atoms with Gasteiger partial charge in [-0.25, -0.2) is 0 Å². The molecule has 2 N–H and O–H groups in total. The molecule has 8 nitrogen and oxygen atoms in total. The summed E-state index contributed by atoms with van der Waals surface area (Å²) in [4.78, 5) is 38.8. The van der Waals surface area contributed by atoms with Gasteiger partial charge in [0.1, 0.15) is 11.5 Å². The Kier molecular flexibility index (Phi) is 6.79. The van der Waals surface area contributed by atoms with Crippen molar-refractivity contribution in [3.05, 3.63) is 48.0 Å². The molecule has 0 radical (unpaired) electrons. The second kappa shape index (κ2) is 9.51. The van der Waals surface area contributed by atoms with Crippen LogP contribution in [0.15, 0.2) is 42.5 Å². The Morgan fingerprint density at radius 2 is 1.74 bits per heavy atom. The first-order chi connectivity index (χ1) is 14.8. The van der Waals surface area contributed by atoms with Gasteiger partial charge in [-0.15, -0.1) is 0 Å². The number of carbonyl (C=O) groups excluding carboxylic acids is 3. The fourth-order valence-electron chi connectivity index (χ4n) is 3.45. The fourth-order valence-corrected chi connectivity index (χ4v) is 3.45. The quantitative estimate of drug-likeness (QED) is 0.710. The number of amides is 3. The number of nitrogens with one attached hydrogen (secondary N) is 2. The van der Waals surface area contributed by atoms with Crippen molar-refractivity contribution in [3.8, 4) is 11.5 Å². The lowest BCUT2D eigenvalue weighted by atomic mass is 10.1. The number of benzene rings is 2. The molecule has 1 fully saturated rings. The van der Waals surface area contributed by atoms with E-state index in [0.717, 1.165) is 0 Å². The number of carbonyl (C=O) groups is 3. The van der Waals surface area contributed by atoms with Crippen LogP contribution in [0.5, 0.6) is 11.5 Å². The van der Waals surface area contributed by atoms with E-state index in [2.05, 4.69) is 10.6 Å². The van der Waals surface area contributed by atoms with E-state index in [4.69, 9.17) is 9.47 Å². The summed E-state index contributed by atoms with van der Waals surface area (Å²) >= 11 is 0. The van der Waals surface area contributed by atoms with Gasteiger partial charge in [-0.05, 0) is 50.2 Å². The van der Waals surface area contributed by atoms with Gasteiger partial charge in [-0.2, -0.15) is 0 Å². The van der Waals surface area contributed by atoms with Crippen molar-refractivity contribution in [1.29, 1.82) is 0 Å². The summed E-state index contributed by atoms with van der Waals surface area (Å²) in [6.45, 7) is 4.29. The number of nitrogens with zero attached hydrogens (tertiary/aromatic N) is 1. The first-order valence-electron chi connectivity index (χ1n) is 10.1. The highest BCUT2D eigenvalue weighted by Crippen LogP contribution is 2.29. The average molecular weight is 425 g/mol. The molecule has 1 heterocycles. The first kappa shape index (κ1) is 22.1. The first-order valence-corrected chi connectivity index (χ1v) is 10.1. The average Bonchev–Trinajstić information content (AvgIpc) is 3.16. The summed E-state index contributed by atoms with van der Waals surface area (Å²) in [5, 5.41) is 5.63. The largest absolute Gasteiger partial charge is 0.497 e. The van der Waals surface area contributed by atoms with Crippen LogP contribution < -0.4 is 20.1 Å². The third-order valence-electron chi connectivity index (χ3n) is 5.22. The smallest absolute Gasteiger partial charge is 0.255 e. The van der Waals surface area contributed by atoms with Crippen LogP contribution in [0.25, 0.3) is 0 Å². The lowest BCUT2D eigenvalue weighted by Crippen LogP contribution is -2.33. The molecule has 2 aromatic rings. The molecule has 164 valence electrons. The van der Waals surface area contributed by atoms with Crippen molar-refractivity contribution < 1.29 is 23.9 Å². The van der Waals surface area contributed by atoms with Gasteiger partial charge in [0.05, 0.1) is 25.8 Å². The van der Waals surface area contributed by atoms with Crippen LogP contribution in [0, 0.1) is 5.92 Å². The molecular formula is C23H27N3O5. The van der Waals surface area contributed by atoms with E-state index >= 15 is 0 Å². The minimum atomic E-state index is -0.375. The highest BCUT2D eigenvalue weighted by molar-refractivity contribution is 6.05. The maximum atomic E-state index is 12.6. The molecule has 0 aromatic heterocycles. The van der Waals surface area contributed by atoms with E-state index in [1.165, 1.54) is 7.11 Å². The van der Waals surface area contributed by atoms with E-state index in [0.29, 0.717) is 35.0 Å². The van der Waals surface area contributed by atoms with Crippen LogP contribution in [0.1, 0.15) is 30.6 Å². The van der Waals surface area contributed by atoms with Crippen LogP contribution in [0.3, 0.4) is 0 Å². The lowest BCUT2D eigenvalue weighted by molar-refractivity contribution is -0.129. The van der Waals surface area contributed by atoms with Crippen LogP contribution >= 0.6 is 0 Å². The van der Waals surface area contributed by atoms with Gasteiger partial charge in [-0.3, -0.25) is 14.4 Å². The standard InChI is InChI=1S/C23H27N3O5/c1-14(2)26-13-16(11-21(26)27)23(29)24-17-7-5-15(6-8-17)22(28)25-19-10-9-18(30-3)12-20(19)31-4/h5-10,12,14,16H,11,13H2,1-4H3,(H,24,29)(H,25,28). The molecule has 0 saturated carbocycles. The minimum absolute atomic E-state index is 0.00358. The Bertz CT molecular complexity index is 972. The van der Waals surface area contributed by atoms with Crippen molar-refractivity contribution in [3.63, 3.8) is 0 Å². The summed E-state index contributed by atoms with van der Waals surface area (Å²) in [5.41, 5.74) is 1.52. The zero-order valence-corrected chi connectivity index (χ0v) is 18.1. The monoisotopic (exact) mass is 425 g/mol. The number of ether oxygens (including phenoxy) is 2. The molecule has 1 aliphatic heterocycles. The molecule has 3 amide bonds. The minimum Gasteiger partial charge on any atom is -0.497 e. The summed E-state index contributed by atoms with van der Waals surface area (Å²) in [6, 6.07) is 11.8. The Balaban J connectivity index is 1.62. The molecule has 0 aliphatic carbocycles. The maximum Gasteiger partial charge on any atom is 0.255 e. The van der Waals surface area contributed by atoms with E-state index in [1.807, 2.05) is 13.8 Å². The van der Waals surface area contributed by atoms with Crippen LogP contribution in [0.2, 0.25) is 0 Å². The van der Waals surface area contributed by atoms with Gasteiger partial charge < -0.3 is 25.0 Å². The molecule has 1 atom stereocenters. The van der Waals surface area contributed by atoms with Gasteiger partial charge in [0, 0.05) is 36.3 Å². The Labute approximate surface area is 181 Å². The molecule has 1 unspecified atom stereocenters. The molecule has 31 heavy (non-hydrogen) atoms. The van der Waals surface area contributed by atoms with Crippen LogP contribution in [-0.2, 0) is 9.59 Å². The van der Waals surface area contributed by atoms with Gasteiger partial charge in [0.2, 0.25) is 11.8 Å². The zero-order chi connectivity index (χ0) is 22.5. The fraction of sp³-hybridized carbons (Fsp3) is 0.348. The molecule has 8 heteroatoms. The summed E-state index contributed by atoms with van der Waals surface area (Å²) < 4.78 is 10.5. The predicted molar refractivity (Wildman–Crippen MR) is 118 cm³/mol. The van der Waals surface area contributed by atoms with Crippen LogP contribution in [0.4, 0.5) is 11.4 Å². The predicted octanol–water partition coefficient (Wildman–Crippen LogP) is 3.15. The van der Waals surface area contributed by atoms with Gasteiger partial charge in [0.15, 0.2) is 0 Å². The third kappa shape index (κ3) is 5.14. The molecule has 2 aromatic carbocycles. The SMILES string of the molecule is COc1ccc(NC(=O)c2ccc(NC(=O)C3CC(=O)N(C(C)C)C3)cc2)c(OC)c1. The Morgan fingerprint density at radius 3 is 2.32 bits per heavy atom. The molecule has 1 aliphatic rings. The second-order valence-corrected chi connectivity index (χ2v) is 7.63.